The van der Waals surface area contributed by atoms with Crippen molar-refractivity contribution in [2.24, 2.45) is 0 Å². The highest BCUT2D eigenvalue weighted by Crippen LogP contribution is 2.28. The summed E-state index contributed by atoms with van der Waals surface area (Å²) >= 11 is 0. The number of hydrogen-bond donors (Lipinski definition) is 1. The third-order valence-corrected chi connectivity index (χ3v) is 4.94. The minimum atomic E-state index is -3.24. The second-order valence-corrected chi connectivity index (χ2v) is 7.38. The Balaban J connectivity index is 1.83. The van der Waals surface area contributed by atoms with E-state index in [1.165, 1.54) is 10.6 Å². The molecule has 0 aliphatic heterocycles. The molecule has 7 heteroatoms. The van der Waals surface area contributed by atoms with Gasteiger partial charge in [0, 0.05) is 31.1 Å². The number of rotatable bonds is 8. The number of ether oxygens (including phenoxy) is 1. The number of benzene rings is 1. The van der Waals surface area contributed by atoms with Crippen molar-refractivity contribution in [2.75, 3.05) is 19.9 Å². The highest BCUT2D eigenvalue weighted by Gasteiger charge is 2.34. The van der Waals surface area contributed by atoms with Crippen LogP contribution in [0.15, 0.2) is 24.3 Å². The van der Waals surface area contributed by atoms with Gasteiger partial charge >= 0.3 is 0 Å². The fraction of sp³-hybridized carbons (Fsp3) is 0.533. The maximum atomic E-state index is 11.9. The summed E-state index contributed by atoms with van der Waals surface area (Å²) in [4.78, 5) is 11.9. The lowest BCUT2D eigenvalue weighted by Crippen LogP contribution is -2.36. The van der Waals surface area contributed by atoms with Crippen LogP contribution in [-0.2, 0) is 21.4 Å². The first kappa shape index (κ1) is 16.8. The maximum Gasteiger partial charge on any atom is 0.221 e. The van der Waals surface area contributed by atoms with Crippen LogP contribution in [0.2, 0.25) is 0 Å². The Morgan fingerprint density at radius 1 is 1.36 bits per heavy atom. The van der Waals surface area contributed by atoms with Crippen LogP contribution in [0, 0.1) is 0 Å². The molecular formula is C15H22N2O4S. The summed E-state index contributed by atoms with van der Waals surface area (Å²) in [5.41, 5.74) is 0.889. The van der Waals surface area contributed by atoms with E-state index >= 15 is 0 Å². The van der Waals surface area contributed by atoms with E-state index < -0.39 is 10.0 Å². The van der Waals surface area contributed by atoms with Crippen molar-refractivity contribution in [3.05, 3.63) is 29.8 Å². The van der Waals surface area contributed by atoms with Crippen LogP contribution in [0.1, 0.15) is 24.8 Å². The monoisotopic (exact) mass is 326 g/mol. The van der Waals surface area contributed by atoms with Crippen LogP contribution in [0.25, 0.3) is 0 Å². The molecule has 0 unspecified atom stereocenters. The van der Waals surface area contributed by atoms with Gasteiger partial charge in [0.25, 0.3) is 0 Å². The molecule has 0 atom stereocenters. The van der Waals surface area contributed by atoms with Crippen LogP contribution in [0.3, 0.4) is 0 Å². The van der Waals surface area contributed by atoms with Crippen molar-refractivity contribution in [3.8, 4) is 5.75 Å². The molecule has 0 heterocycles. The van der Waals surface area contributed by atoms with Crippen molar-refractivity contribution in [1.82, 2.24) is 9.62 Å². The second kappa shape index (κ2) is 7.11. The lowest BCUT2D eigenvalue weighted by molar-refractivity contribution is -0.121. The van der Waals surface area contributed by atoms with E-state index in [1.54, 1.807) is 7.11 Å². The van der Waals surface area contributed by atoms with Gasteiger partial charge in [-0.05, 0) is 18.9 Å². The van der Waals surface area contributed by atoms with Gasteiger partial charge in [-0.15, -0.1) is 0 Å². The number of nitrogens with zero attached hydrogens (tertiary/aromatic N) is 1. The number of para-hydroxylation sites is 1. The highest BCUT2D eigenvalue weighted by molar-refractivity contribution is 7.88. The molecular weight excluding hydrogens is 304 g/mol. The first-order valence-electron chi connectivity index (χ1n) is 7.27. The molecule has 0 saturated heterocycles. The molecule has 22 heavy (non-hydrogen) atoms. The number of nitrogens with one attached hydrogen (secondary N) is 1. The third kappa shape index (κ3) is 4.71. The van der Waals surface area contributed by atoms with Crippen LogP contribution in [-0.4, -0.2) is 44.6 Å². The third-order valence-electron chi connectivity index (χ3n) is 3.61. The predicted octanol–water partition coefficient (Wildman–Crippen LogP) is 1.13. The summed E-state index contributed by atoms with van der Waals surface area (Å²) in [6.45, 7) is 0.604. The molecule has 1 saturated carbocycles. The zero-order chi connectivity index (χ0) is 16.2. The molecule has 0 aromatic heterocycles. The Kier molecular flexibility index (Phi) is 5.42. The zero-order valence-electron chi connectivity index (χ0n) is 12.9. The fourth-order valence-corrected chi connectivity index (χ4v) is 3.50. The SMILES string of the molecule is COc1ccccc1CNC(=O)CCN(C1CC1)S(C)(=O)=O. The summed E-state index contributed by atoms with van der Waals surface area (Å²) in [7, 11) is -1.66. The Morgan fingerprint density at radius 2 is 2.05 bits per heavy atom. The van der Waals surface area contributed by atoms with E-state index in [2.05, 4.69) is 5.32 Å². The minimum absolute atomic E-state index is 0.0806. The molecule has 1 aromatic carbocycles. The average molecular weight is 326 g/mol. The summed E-state index contributed by atoms with van der Waals surface area (Å²) in [6, 6.07) is 7.54. The summed E-state index contributed by atoms with van der Waals surface area (Å²) in [5, 5.41) is 2.80. The van der Waals surface area contributed by atoms with Crippen molar-refractivity contribution in [1.29, 1.82) is 0 Å². The topological polar surface area (TPSA) is 75.7 Å². The van der Waals surface area contributed by atoms with Gasteiger partial charge in [-0.25, -0.2) is 8.42 Å². The lowest BCUT2D eigenvalue weighted by Gasteiger charge is -2.19. The van der Waals surface area contributed by atoms with E-state index in [1.807, 2.05) is 24.3 Å². The summed E-state index contributed by atoms with van der Waals surface area (Å²) in [5.74, 6) is 0.554. The van der Waals surface area contributed by atoms with Crippen LogP contribution < -0.4 is 10.1 Å². The van der Waals surface area contributed by atoms with Crippen molar-refractivity contribution >= 4 is 15.9 Å². The largest absolute Gasteiger partial charge is 0.496 e. The quantitative estimate of drug-likeness (QED) is 0.777. The molecule has 2 rings (SSSR count). The second-order valence-electron chi connectivity index (χ2n) is 5.44. The number of sulfonamides is 1. The molecule has 1 aromatic rings. The van der Waals surface area contributed by atoms with Crippen LogP contribution in [0.5, 0.6) is 5.75 Å². The standard InChI is InChI=1S/C15H22N2O4S/c1-21-14-6-4-3-5-12(14)11-16-15(18)9-10-17(13-7-8-13)22(2,19)20/h3-6,13H,7-11H2,1-2H3,(H,16,18). The normalized spacial score (nSPS) is 14.9. The van der Waals surface area contributed by atoms with E-state index in [0.29, 0.717) is 6.54 Å². The summed E-state index contributed by atoms with van der Waals surface area (Å²) < 4.78 is 30.0. The van der Waals surface area contributed by atoms with Crippen molar-refractivity contribution in [3.63, 3.8) is 0 Å². The van der Waals surface area contributed by atoms with Gasteiger partial charge in [0.2, 0.25) is 15.9 Å². The molecule has 6 nitrogen and oxygen atoms in total. The van der Waals surface area contributed by atoms with Crippen LogP contribution >= 0.6 is 0 Å². The molecule has 1 N–H and O–H groups in total. The maximum absolute atomic E-state index is 11.9. The number of amides is 1. The van der Waals surface area contributed by atoms with Gasteiger partial charge in [0.05, 0.1) is 13.4 Å². The number of carbonyl (C=O) groups is 1. The van der Waals surface area contributed by atoms with E-state index in [-0.39, 0.29) is 24.9 Å². The van der Waals surface area contributed by atoms with E-state index in [4.69, 9.17) is 4.74 Å². The van der Waals surface area contributed by atoms with Gasteiger partial charge < -0.3 is 10.1 Å². The van der Waals surface area contributed by atoms with Crippen molar-refractivity contribution in [2.45, 2.75) is 31.8 Å². The predicted molar refractivity (Wildman–Crippen MR) is 84.0 cm³/mol. The molecule has 122 valence electrons. The molecule has 0 spiro atoms. The Hall–Kier alpha value is -1.60. The molecule has 1 aliphatic carbocycles. The molecule has 1 aliphatic rings. The first-order valence-corrected chi connectivity index (χ1v) is 9.12. The summed E-state index contributed by atoms with van der Waals surface area (Å²) in [6.07, 6.45) is 3.13. The Morgan fingerprint density at radius 3 is 2.64 bits per heavy atom. The van der Waals surface area contributed by atoms with E-state index in [9.17, 15) is 13.2 Å². The lowest BCUT2D eigenvalue weighted by atomic mass is 10.2. The first-order chi connectivity index (χ1) is 10.4. The fourth-order valence-electron chi connectivity index (χ4n) is 2.32. The molecule has 0 bridgehead atoms. The zero-order valence-corrected chi connectivity index (χ0v) is 13.7. The van der Waals surface area contributed by atoms with Gasteiger partial charge in [-0.2, -0.15) is 4.31 Å². The van der Waals surface area contributed by atoms with E-state index in [0.717, 1.165) is 24.2 Å². The molecule has 1 amide bonds. The van der Waals surface area contributed by atoms with Crippen LogP contribution in [0.4, 0.5) is 0 Å². The van der Waals surface area contributed by atoms with Gasteiger partial charge in [0.15, 0.2) is 0 Å². The smallest absolute Gasteiger partial charge is 0.221 e. The average Bonchev–Trinajstić information content (AvgIpc) is 3.28. The van der Waals surface area contributed by atoms with Crippen molar-refractivity contribution < 1.29 is 17.9 Å². The molecule has 1 fully saturated rings. The molecule has 0 radical (unpaired) electrons. The number of carbonyl (C=O) groups excluding carboxylic acids is 1. The Bertz CT molecular complexity index is 626. The Labute approximate surface area is 131 Å². The number of methoxy groups -OCH3 is 1. The van der Waals surface area contributed by atoms with Gasteiger partial charge in [-0.3, -0.25) is 4.79 Å². The minimum Gasteiger partial charge on any atom is -0.496 e. The van der Waals surface area contributed by atoms with Gasteiger partial charge in [-0.1, -0.05) is 18.2 Å². The van der Waals surface area contributed by atoms with Gasteiger partial charge in [0.1, 0.15) is 5.75 Å². The highest BCUT2D eigenvalue weighted by atomic mass is 32.2. The number of hydrogen-bond acceptors (Lipinski definition) is 4.